The smallest absolute Gasteiger partial charge is 0.308 e. The monoisotopic (exact) mass is 371 g/mol. The molecule has 21 heavy (non-hydrogen) atoms. The number of benzene rings is 1. The molecule has 0 saturated heterocycles. The molecule has 0 heterocycles. The zero-order valence-corrected chi connectivity index (χ0v) is 14.2. The molecule has 6 heteroatoms. The van der Waals surface area contributed by atoms with Crippen molar-refractivity contribution in [3.63, 3.8) is 0 Å². The lowest BCUT2D eigenvalue weighted by Gasteiger charge is -2.24. The molecule has 4 nitrogen and oxygen atoms in total. The molecule has 1 aliphatic rings. The van der Waals surface area contributed by atoms with Crippen LogP contribution in [0.3, 0.4) is 0 Å². The van der Waals surface area contributed by atoms with Crippen molar-refractivity contribution in [1.29, 1.82) is 0 Å². The Balaban J connectivity index is 1.91. The minimum absolute atomic E-state index is 0.0237. The van der Waals surface area contributed by atoms with Gasteiger partial charge in [-0.05, 0) is 31.0 Å². The molecule has 1 fully saturated rings. The van der Waals surface area contributed by atoms with Crippen molar-refractivity contribution in [2.75, 3.05) is 12.3 Å². The van der Waals surface area contributed by atoms with Crippen LogP contribution in [0.15, 0.2) is 33.6 Å². The summed E-state index contributed by atoms with van der Waals surface area (Å²) in [6, 6.07) is 8.05. The second-order valence-electron chi connectivity index (χ2n) is 5.26. The molecular weight excluding hydrogens is 354 g/mol. The first-order valence-electron chi connectivity index (χ1n) is 6.88. The number of thioether (sulfide) groups is 1. The second-order valence-corrected chi connectivity index (χ2v) is 7.23. The number of carbonyl (C=O) groups is 2. The van der Waals surface area contributed by atoms with E-state index in [0.29, 0.717) is 12.3 Å². The number of carboxylic acids is 1. The van der Waals surface area contributed by atoms with Gasteiger partial charge in [0.2, 0.25) is 5.91 Å². The predicted molar refractivity (Wildman–Crippen MR) is 86.4 cm³/mol. The maximum absolute atomic E-state index is 12.3. The van der Waals surface area contributed by atoms with Crippen molar-refractivity contribution >= 4 is 39.6 Å². The molecule has 0 radical (unpaired) electrons. The molecule has 1 atom stereocenters. The fourth-order valence-corrected chi connectivity index (χ4v) is 3.39. The number of amides is 1. The van der Waals surface area contributed by atoms with Crippen LogP contribution in [-0.4, -0.2) is 40.2 Å². The Kier molecular flexibility index (Phi) is 5.70. The lowest BCUT2D eigenvalue weighted by molar-refractivity contribution is -0.142. The van der Waals surface area contributed by atoms with Crippen LogP contribution in [0, 0.1) is 5.92 Å². The largest absolute Gasteiger partial charge is 0.481 e. The van der Waals surface area contributed by atoms with Crippen molar-refractivity contribution < 1.29 is 14.7 Å². The first-order valence-corrected chi connectivity index (χ1v) is 8.66. The van der Waals surface area contributed by atoms with Crippen LogP contribution in [0.1, 0.15) is 19.8 Å². The highest BCUT2D eigenvalue weighted by atomic mass is 79.9. The Morgan fingerprint density at radius 2 is 2.19 bits per heavy atom. The SMILES string of the molecule is CC(CN(C(=O)CSc1cccc(Br)c1)C1CC1)C(=O)O. The van der Waals surface area contributed by atoms with Gasteiger partial charge in [-0.3, -0.25) is 9.59 Å². The average molecular weight is 372 g/mol. The molecule has 114 valence electrons. The summed E-state index contributed by atoms with van der Waals surface area (Å²) in [7, 11) is 0. The van der Waals surface area contributed by atoms with E-state index in [9.17, 15) is 9.59 Å². The maximum Gasteiger partial charge on any atom is 0.308 e. The van der Waals surface area contributed by atoms with Gasteiger partial charge in [-0.1, -0.05) is 28.9 Å². The number of aliphatic carboxylic acids is 1. The van der Waals surface area contributed by atoms with Crippen LogP contribution in [0.5, 0.6) is 0 Å². The highest BCUT2D eigenvalue weighted by Crippen LogP contribution is 2.29. The number of rotatable bonds is 7. The molecule has 1 amide bonds. The Morgan fingerprint density at radius 1 is 1.48 bits per heavy atom. The van der Waals surface area contributed by atoms with E-state index in [4.69, 9.17) is 5.11 Å². The maximum atomic E-state index is 12.3. The molecule has 0 spiro atoms. The Hall–Kier alpha value is -1.01. The highest BCUT2D eigenvalue weighted by molar-refractivity contribution is 9.10. The normalized spacial score (nSPS) is 15.5. The molecule has 1 saturated carbocycles. The van der Waals surface area contributed by atoms with E-state index in [1.807, 2.05) is 24.3 Å². The van der Waals surface area contributed by atoms with Gasteiger partial charge >= 0.3 is 5.97 Å². The quantitative estimate of drug-likeness (QED) is 0.747. The summed E-state index contributed by atoms with van der Waals surface area (Å²) >= 11 is 4.89. The van der Waals surface area contributed by atoms with Crippen molar-refractivity contribution in [1.82, 2.24) is 4.90 Å². The van der Waals surface area contributed by atoms with Gasteiger partial charge in [0.05, 0.1) is 11.7 Å². The molecule has 0 aromatic heterocycles. The zero-order chi connectivity index (χ0) is 15.4. The van der Waals surface area contributed by atoms with Gasteiger partial charge in [0.1, 0.15) is 0 Å². The summed E-state index contributed by atoms with van der Waals surface area (Å²) in [4.78, 5) is 26.1. The average Bonchev–Trinajstić information content (AvgIpc) is 3.26. The summed E-state index contributed by atoms with van der Waals surface area (Å²) in [5, 5.41) is 9.00. The molecule has 0 aliphatic heterocycles. The van der Waals surface area contributed by atoms with Crippen LogP contribution in [0.4, 0.5) is 0 Å². The van der Waals surface area contributed by atoms with E-state index in [-0.39, 0.29) is 11.9 Å². The van der Waals surface area contributed by atoms with E-state index >= 15 is 0 Å². The Morgan fingerprint density at radius 3 is 2.76 bits per heavy atom. The summed E-state index contributed by atoms with van der Waals surface area (Å²) in [5.41, 5.74) is 0. The van der Waals surface area contributed by atoms with Crippen LogP contribution < -0.4 is 0 Å². The van der Waals surface area contributed by atoms with Crippen molar-refractivity contribution in [2.45, 2.75) is 30.7 Å². The van der Waals surface area contributed by atoms with Crippen molar-refractivity contribution in [2.24, 2.45) is 5.92 Å². The number of carboxylic acid groups (broad SMARTS) is 1. The highest BCUT2D eigenvalue weighted by Gasteiger charge is 2.34. The molecule has 1 aromatic rings. The number of halogens is 1. The van der Waals surface area contributed by atoms with E-state index in [0.717, 1.165) is 22.2 Å². The summed E-state index contributed by atoms with van der Waals surface area (Å²) in [6.07, 6.45) is 1.97. The lowest BCUT2D eigenvalue weighted by Crippen LogP contribution is -2.39. The summed E-state index contributed by atoms with van der Waals surface area (Å²) in [6.45, 7) is 1.95. The van der Waals surface area contributed by atoms with E-state index in [2.05, 4.69) is 15.9 Å². The number of hydrogen-bond acceptors (Lipinski definition) is 3. The van der Waals surface area contributed by atoms with Gasteiger partial charge in [-0.15, -0.1) is 11.8 Å². The van der Waals surface area contributed by atoms with E-state index < -0.39 is 11.9 Å². The van der Waals surface area contributed by atoms with E-state index in [1.54, 1.807) is 11.8 Å². The third-order valence-corrected chi connectivity index (χ3v) is 4.83. The summed E-state index contributed by atoms with van der Waals surface area (Å²) < 4.78 is 0.985. The number of nitrogens with zero attached hydrogens (tertiary/aromatic N) is 1. The molecule has 0 bridgehead atoms. The van der Waals surface area contributed by atoms with Crippen LogP contribution in [0.25, 0.3) is 0 Å². The van der Waals surface area contributed by atoms with Gasteiger partial charge in [-0.25, -0.2) is 0 Å². The minimum atomic E-state index is -0.854. The Bertz CT molecular complexity index is 533. The lowest BCUT2D eigenvalue weighted by atomic mass is 10.1. The van der Waals surface area contributed by atoms with Crippen LogP contribution in [0.2, 0.25) is 0 Å². The number of carbonyl (C=O) groups excluding carboxylic acids is 1. The van der Waals surface area contributed by atoms with Gasteiger partial charge in [0, 0.05) is 22.0 Å². The fourth-order valence-electron chi connectivity index (χ4n) is 2.00. The fraction of sp³-hybridized carbons (Fsp3) is 0.467. The topological polar surface area (TPSA) is 57.6 Å². The molecule has 2 rings (SSSR count). The molecular formula is C15H18BrNO3S. The minimum Gasteiger partial charge on any atom is -0.481 e. The van der Waals surface area contributed by atoms with Gasteiger partial charge in [0.15, 0.2) is 0 Å². The Labute approximate surface area is 137 Å². The van der Waals surface area contributed by atoms with Crippen molar-refractivity contribution in [3.05, 3.63) is 28.7 Å². The second kappa shape index (κ2) is 7.31. The third kappa shape index (κ3) is 5.04. The van der Waals surface area contributed by atoms with E-state index in [1.165, 1.54) is 11.8 Å². The van der Waals surface area contributed by atoms with Crippen LogP contribution in [-0.2, 0) is 9.59 Å². The first kappa shape index (κ1) is 16.4. The summed E-state index contributed by atoms with van der Waals surface area (Å²) in [5.74, 6) is -1.01. The standard InChI is InChI=1S/C15H18BrNO3S/c1-10(15(19)20)8-17(12-5-6-12)14(18)9-21-13-4-2-3-11(16)7-13/h2-4,7,10,12H,5-6,8-9H2,1H3,(H,19,20). The van der Waals surface area contributed by atoms with Gasteiger partial charge < -0.3 is 10.0 Å². The van der Waals surface area contributed by atoms with Gasteiger partial charge in [0.25, 0.3) is 0 Å². The third-order valence-electron chi connectivity index (χ3n) is 3.36. The predicted octanol–water partition coefficient (Wildman–Crippen LogP) is 3.25. The molecule has 1 N–H and O–H groups in total. The van der Waals surface area contributed by atoms with Crippen molar-refractivity contribution in [3.8, 4) is 0 Å². The zero-order valence-electron chi connectivity index (χ0n) is 11.8. The molecule has 1 aliphatic carbocycles. The molecule has 1 aromatic carbocycles. The molecule has 1 unspecified atom stereocenters. The number of hydrogen-bond donors (Lipinski definition) is 1. The van der Waals surface area contributed by atoms with Gasteiger partial charge in [-0.2, -0.15) is 0 Å². The first-order chi connectivity index (χ1) is 9.97. The van der Waals surface area contributed by atoms with Crippen LogP contribution >= 0.6 is 27.7 Å².